The fourth-order valence-corrected chi connectivity index (χ4v) is 2.25. The van der Waals surface area contributed by atoms with Gasteiger partial charge in [-0.15, -0.1) is 0 Å². The lowest BCUT2D eigenvalue weighted by molar-refractivity contribution is 0.0484. The van der Waals surface area contributed by atoms with Gasteiger partial charge >= 0.3 is 0 Å². The maximum Gasteiger partial charge on any atom is 0.261 e. The molecule has 1 atom stereocenters. The lowest BCUT2D eigenvalue weighted by atomic mass is 10.1. The number of nitrogens with zero attached hydrogens (tertiary/aromatic N) is 1. The lowest BCUT2D eigenvalue weighted by Gasteiger charge is -2.17. The van der Waals surface area contributed by atoms with E-state index in [0.717, 1.165) is 3.57 Å². The first-order valence-corrected chi connectivity index (χ1v) is 6.31. The highest BCUT2D eigenvalue weighted by Crippen LogP contribution is 2.24. The van der Waals surface area contributed by atoms with Crippen molar-refractivity contribution in [2.45, 2.75) is 13.0 Å². The summed E-state index contributed by atoms with van der Waals surface area (Å²) in [7, 11) is 1.56. The van der Waals surface area contributed by atoms with Crippen molar-refractivity contribution < 1.29 is 14.3 Å². The summed E-state index contributed by atoms with van der Waals surface area (Å²) >= 11 is 2.12. The number of ether oxygens (including phenoxy) is 1. The molecular weight excluding hydrogens is 333 g/mol. The number of benzene rings is 1. The van der Waals surface area contributed by atoms with Gasteiger partial charge in [-0.3, -0.25) is 14.5 Å². The molecule has 5 heteroatoms. The third-order valence-electron chi connectivity index (χ3n) is 2.77. The molecule has 1 aromatic carbocycles. The predicted octanol–water partition coefficient (Wildman–Crippen LogP) is 1.92. The number of fused-ring (bicyclic) bond motifs is 1. The summed E-state index contributed by atoms with van der Waals surface area (Å²) in [6, 6.07) is 5.27. The maximum atomic E-state index is 12.1. The second-order valence-corrected chi connectivity index (χ2v) is 5.20. The molecule has 1 aliphatic heterocycles. The van der Waals surface area contributed by atoms with Gasteiger partial charge < -0.3 is 4.74 Å². The Labute approximate surface area is 113 Å². The first-order valence-electron chi connectivity index (χ1n) is 5.23. The number of hydrogen-bond acceptors (Lipinski definition) is 3. The van der Waals surface area contributed by atoms with E-state index >= 15 is 0 Å². The molecule has 90 valence electrons. The fourth-order valence-electron chi connectivity index (χ4n) is 1.76. The van der Waals surface area contributed by atoms with Crippen LogP contribution in [0.4, 0.5) is 0 Å². The van der Waals surface area contributed by atoms with Crippen molar-refractivity contribution >= 4 is 34.4 Å². The van der Waals surface area contributed by atoms with E-state index in [2.05, 4.69) is 22.6 Å². The first kappa shape index (κ1) is 12.5. The normalized spacial score (nSPS) is 16.3. The summed E-state index contributed by atoms with van der Waals surface area (Å²) in [4.78, 5) is 25.3. The molecule has 0 bridgehead atoms. The van der Waals surface area contributed by atoms with E-state index in [1.165, 1.54) is 4.90 Å². The van der Waals surface area contributed by atoms with Gasteiger partial charge in [0.1, 0.15) is 0 Å². The Kier molecular flexibility index (Phi) is 3.48. The summed E-state index contributed by atoms with van der Waals surface area (Å²) in [6.45, 7) is 2.12. The Bertz CT molecular complexity index is 487. The Morgan fingerprint density at radius 3 is 2.59 bits per heavy atom. The van der Waals surface area contributed by atoms with Gasteiger partial charge in [0.25, 0.3) is 11.8 Å². The minimum absolute atomic E-state index is 0.156. The van der Waals surface area contributed by atoms with Crippen LogP contribution in [0.15, 0.2) is 18.2 Å². The third kappa shape index (κ3) is 2.21. The molecular formula is C12H12INO3. The van der Waals surface area contributed by atoms with Crippen molar-refractivity contribution in [3.63, 3.8) is 0 Å². The number of methoxy groups -OCH3 is 1. The first-order chi connectivity index (χ1) is 8.04. The van der Waals surface area contributed by atoms with Crippen LogP contribution in [0.5, 0.6) is 0 Å². The molecule has 1 aliphatic rings. The molecule has 1 heterocycles. The molecule has 0 spiro atoms. The van der Waals surface area contributed by atoms with Gasteiger partial charge in [-0.25, -0.2) is 0 Å². The van der Waals surface area contributed by atoms with E-state index < -0.39 is 0 Å². The van der Waals surface area contributed by atoms with Crippen molar-refractivity contribution in [3.05, 3.63) is 32.9 Å². The zero-order chi connectivity index (χ0) is 12.6. The summed E-state index contributed by atoms with van der Waals surface area (Å²) < 4.78 is 6.03. The SMILES string of the molecule is COC(C)CN1C(=O)c2ccc(I)cc2C1=O. The minimum Gasteiger partial charge on any atom is -0.380 e. The molecule has 0 saturated carbocycles. The number of rotatable bonds is 3. The highest BCUT2D eigenvalue weighted by atomic mass is 127. The zero-order valence-corrected chi connectivity index (χ0v) is 11.7. The Morgan fingerprint density at radius 2 is 1.94 bits per heavy atom. The van der Waals surface area contributed by atoms with E-state index in [1.807, 2.05) is 13.0 Å². The van der Waals surface area contributed by atoms with Crippen LogP contribution in [0, 0.1) is 3.57 Å². The van der Waals surface area contributed by atoms with E-state index in [-0.39, 0.29) is 17.9 Å². The van der Waals surface area contributed by atoms with Crippen LogP contribution in [0.2, 0.25) is 0 Å². The highest BCUT2D eigenvalue weighted by molar-refractivity contribution is 14.1. The van der Waals surface area contributed by atoms with Crippen LogP contribution < -0.4 is 0 Å². The molecule has 0 N–H and O–H groups in total. The molecule has 0 fully saturated rings. The zero-order valence-electron chi connectivity index (χ0n) is 9.57. The number of carbonyl (C=O) groups is 2. The average Bonchev–Trinajstić information content (AvgIpc) is 2.54. The molecule has 2 rings (SSSR count). The van der Waals surface area contributed by atoms with E-state index in [1.54, 1.807) is 19.2 Å². The quantitative estimate of drug-likeness (QED) is 0.621. The summed E-state index contributed by atoms with van der Waals surface area (Å²) in [5, 5.41) is 0. The summed E-state index contributed by atoms with van der Waals surface area (Å²) in [6.07, 6.45) is -0.156. The van der Waals surface area contributed by atoms with Crippen molar-refractivity contribution in [1.82, 2.24) is 4.90 Å². The molecule has 17 heavy (non-hydrogen) atoms. The van der Waals surface area contributed by atoms with Crippen LogP contribution in [0.1, 0.15) is 27.6 Å². The summed E-state index contributed by atoms with van der Waals surface area (Å²) in [5.74, 6) is -0.460. The van der Waals surface area contributed by atoms with Crippen LogP contribution in [-0.2, 0) is 4.74 Å². The number of amides is 2. The standard InChI is InChI=1S/C12H12INO3/c1-7(17-2)6-14-11(15)9-4-3-8(13)5-10(9)12(14)16/h3-5,7H,6H2,1-2H3. The van der Waals surface area contributed by atoms with Crippen molar-refractivity contribution in [2.24, 2.45) is 0 Å². The molecule has 0 aliphatic carbocycles. The Hall–Kier alpha value is -0.950. The number of imide groups is 1. The van der Waals surface area contributed by atoms with Gasteiger partial charge in [0, 0.05) is 10.7 Å². The van der Waals surface area contributed by atoms with Crippen molar-refractivity contribution in [3.8, 4) is 0 Å². The summed E-state index contributed by atoms with van der Waals surface area (Å²) in [5.41, 5.74) is 0.976. The molecule has 0 radical (unpaired) electrons. The molecule has 2 amide bonds. The van der Waals surface area contributed by atoms with E-state index in [0.29, 0.717) is 17.7 Å². The van der Waals surface area contributed by atoms with Gasteiger partial charge in [0.2, 0.25) is 0 Å². The molecule has 0 aromatic heterocycles. The number of halogens is 1. The lowest BCUT2D eigenvalue weighted by Crippen LogP contribution is -2.36. The van der Waals surface area contributed by atoms with Gasteiger partial charge in [0.05, 0.1) is 23.8 Å². The van der Waals surface area contributed by atoms with Gasteiger partial charge in [0.15, 0.2) is 0 Å². The fraction of sp³-hybridized carbons (Fsp3) is 0.333. The smallest absolute Gasteiger partial charge is 0.261 e. The van der Waals surface area contributed by atoms with Gasteiger partial charge in [-0.1, -0.05) is 0 Å². The van der Waals surface area contributed by atoms with Crippen molar-refractivity contribution in [1.29, 1.82) is 0 Å². The van der Waals surface area contributed by atoms with E-state index in [9.17, 15) is 9.59 Å². The average molecular weight is 345 g/mol. The second-order valence-electron chi connectivity index (χ2n) is 3.96. The highest BCUT2D eigenvalue weighted by Gasteiger charge is 2.36. The van der Waals surface area contributed by atoms with Crippen LogP contribution in [-0.4, -0.2) is 36.5 Å². The van der Waals surface area contributed by atoms with E-state index in [4.69, 9.17) is 4.74 Å². The Morgan fingerprint density at radius 1 is 1.29 bits per heavy atom. The molecule has 4 nitrogen and oxygen atoms in total. The second kappa shape index (κ2) is 4.73. The monoisotopic (exact) mass is 345 g/mol. The van der Waals surface area contributed by atoms with Crippen LogP contribution in [0.3, 0.4) is 0 Å². The largest absolute Gasteiger partial charge is 0.380 e. The predicted molar refractivity (Wildman–Crippen MR) is 71.0 cm³/mol. The number of carbonyl (C=O) groups excluding carboxylic acids is 2. The Balaban J connectivity index is 2.32. The van der Waals surface area contributed by atoms with Crippen LogP contribution in [0.25, 0.3) is 0 Å². The molecule has 1 unspecified atom stereocenters. The molecule has 1 aromatic rings. The van der Waals surface area contributed by atoms with Gasteiger partial charge in [-0.05, 0) is 47.7 Å². The minimum atomic E-state index is -0.231. The molecule has 0 saturated heterocycles. The van der Waals surface area contributed by atoms with Crippen LogP contribution >= 0.6 is 22.6 Å². The van der Waals surface area contributed by atoms with Crippen molar-refractivity contribution in [2.75, 3.05) is 13.7 Å². The topological polar surface area (TPSA) is 46.6 Å². The number of hydrogen-bond donors (Lipinski definition) is 0. The maximum absolute atomic E-state index is 12.1. The van der Waals surface area contributed by atoms with Gasteiger partial charge in [-0.2, -0.15) is 0 Å². The third-order valence-corrected chi connectivity index (χ3v) is 3.45.